The number of aromatic amines is 2. The van der Waals surface area contributed by atoms with Gasteiger partial charge >= 0.3 is 0 Å². The maximum Gasteiger partial charge on any atom is 0.161 e. The highest BCUT2D eigenvalue weighted by molar-refractivity contribution is 6.08. The zero-order valence-electron chi connectivity index (χ0n) is 18.3. The van der Waals surface area contributed by atoms with Gasteiger partial charge in [0, 0.05) is 22.7 Å². The predicted octanol–water partition coefficient (Wildman–Crippen LogP) is 6.25. The molecule has 5 rings (SSSR count). The highest BCUT2D eigenvalue weighted by Crippen LogP contribution is 2.46. The van der Waals surface area contributed by atoms with Crippen molar-refractivity contribution in [3.63, 3.8) is 0 Å². The average molecular weight is 428 g/mol. The number of fused-ring (bicyclic) bond motifs is 3. The molecule has 2 aliphatic rings. The van der Waals surface area contributed by atoms with Gasteiger partial charge in [0.05, 0.1) is 19.9 Å². The van der Waals surface area contributed by atoms with Crippen LogP contribution < -0.4 is 19.5 Å². The lowest BCUT2D eigenvalue weighted by molar-refractivity contribution is 0.306. The Morgan fingerprint density at radius 3 is 2.31 bits per heavy atom. The van der Waals surface area contributed by atoms with Gasteiger partial charge in [0.15, 0.2) is 11.5 Å². The molecule has 6 heteroatoms. The summed E-state index contributed by atoms with van der Waals surface area (Å²) in [7, 11) is 3.30. The molecule has 0 spiro atoms. The molecule has 0 radical (unpaired) electrons. The lowest BCUT2D eigenvalue weighted by atomic mass is 10.1. The van der Waals surface area contributed by atoms with Gasteiger partial charge in [0.25, 0.3) is 0 Å². The largest absolute Gasteiger partial charge is 0.493 e. The second-order valence-electron chi connectivity index (χ2n) is 7.68. The number of H-pyrrole nitrogens is 2. The van der Waals surface area contributed by atoms with Crippen LogP contribution in [0.3, 0.4) is 0 Å². The van der Waals surface area contributed by atoms with Crippen LogP contribution in [0.25, 0.3) is 22.0 Å². The molecule has 1 aliphatic heterocycles. The smallest absolute Gasteiger partial charge is 0.161 e. The van der Waals surface area contributed by atoms with Crippen LogP contribution in [0.5, 0.6) is 17.2 Å². The van der Waals surface area contributed by atoms with Gasteiger partial charge in [-0.3, -0.25) is 10.2 Å². The standard InChI is InChI=1S/C26H25N3O3/c1-16-20-13-22(30-2)23(31-3)14-21(20)25-24(16)26(29-28-25)27-18-10-7-11-19(12-18)32-15-17-8-5-4-6-9-17/h4-14,27-29H,15H2,1-3H3. The molecule has 162 valence electrons. The summed E-state index contributed by atoms with van der Waals surface area (Å²) in [6, 6.07) is 22.1. The summed E-state index contributed by atoms with van der Waals surface area (Å²) in [5.41, 5.74) is 5.36. The molecule has 3 aromatic rings. The number of benzene rings is 3. The Morgan fingerprint density at radius 1 is 0.812 bits per heavy atom. The second-order valence-corrected chi connectivity index (χ2v) is 7.68. The highest BCUT2D eigenvalue weighted by Gasteiger charge is 2.23. The number of methoxy groups -OCH3 is 2. The summed E-state index contributed by atoms with van der Waals surface area (Å²) in [6.07, 6.45) is 0. The number of ether oxygens (including phenoxy) is 3. The Balaban J connectivity index is 1.43. The van der Waals surface area contributed by atoms with Crippen LogP contribution in [-0.4, -0.2) is 24.4 Å². The summed E-state index contributed by atoms with van der Waals surface area (Å²) in [5.74, 6) is 3.13. The third-order valence-corrected chi connectivity index (χ3v) is 5.74. The molecule has 0 saturated carbocycles. The highest BCUT2D eigenvalue weighted by atomic mass is 16.5. The molecule has 0 aromatic heterocycles. The molecule has 0 atom stereocenters. The average Bonchev–Trinajstić information content (AvgIpc) is 3.36. The molecule has 0 fully saturated rings. The molecule has 0 bridgehead atoms. The topological polar surface area (TPSA) is 71.3 Å². The first-order valence-electron chi connectivity index (χ1n) is 10.5. The van der Waals surface area contributed by atoms with Gasteiger partial charge in [-0.1, -0.05) is 36.4 Å². The van der Waals surface area contributed by atoms with Crippen LogP contribution in [0.2, 0.25) is 0 Å². The van der Waals surface area contributed by atoms with Crippen LogP contribution in [0.1, 0.15) is 11.1 Å². The van der Waals surface area contributed by atoms with Crippen LogP contribution >= 0.6 is 0 Å². The summed E-state index contributed by atoms with van der Waals surface area (Å²) >= 11 is 0. The van der Waals surface area contributed by atoms with E-state index in [1.165, 1.54) is 0 Å². The zero-order chi connectivity index (χ0) is 22.1. The van der Waals surface area contributed by atoms with Gasteiger partial charge in [0.2, 0.25) is 0 Å². The molecule has 1 aliphatic carbocycles. The molecule has 32 heavy (non-hydrogen) atoms. The number of rotatable bonds is 7. The first-order chi connectivity index (χ1) is 15.7. The Bertz CT molecular complexity index is 1340. The van der Waals surface area contributed by atoms with Crippen molar-refractivity contribution in [2.75, 3.05) is 19.5 Å². The minimum absolute atomic E-state index is 0.530. The summed E-state index contributed by atoms with van der Waals surface area (Å²) < 4.78 is 17.0. The number of hydrogen-bond donors (Lipinski definition) is 3. The molecule has 0 saturated heterocycles. The molecule has 6 nitrogen and oxygen atoms in total. The number of hydrogen-bond acceptors (Lipinski definition) is 4. The van der Waals surface area contributed by atoms with Crippen LogP contribution in [-0.2, 0) is 6.61 Å². The Labute approximate surface area is 186 Å². The van der Waals surface area contributed by atoms with Crippen molar-refractivity contribution >= 4 is 22.3 Å². The van der Waals surface area contributed by atoms with E-state index in [0.717, 1.165) is 56.2 Å². The summed E-state index contributed by atoms with van der Waals surface area (Å²) in [4.78, 5) is 0. The van der Waals surface area contributed by atoms with E-state index in [-0.39, 0.29) is 0 Å². The van der Waals surface area contributed by atoms with Gasteiger partial charge in [-0.05, 0) is 47.7 Å². The second kappa shape index (κ2) is 8.23. The summed E-state index contributed by atoms with van der Waals surface area (Å²) in [5, 5.41) is 12.3. The fourth-order valence-corrected chi connectivity index (χ4v) is 4.13. The first-order valence-corrected chi connectivity index (χ1v) is 10.5. The van der Waals surface area contributed by atoms with Crippen molar-refractivity contribution in [2.45, 2.75) is 13.5 Å². The van der Waals surface area contributed by atoms with Gasteiger partial charge in [0.1, 0.15) is 18.2 Å². The van der Waals surface area contributed by atoms with Gasteiger partial charge in [-0.15, -0.1) is 0 Å². The van der Waals surface area contributed by atoms with E-state index < -0.39 is 0 Å². The zero-order valence-corrected chi connectivity index (χ0v) is 18.3. The van der Waals surface area contributed by atoms with Crippen molar-refractivity contribution in [3.05, 3.63) is 77.9 Å². The maximum atomic E-state index is 5.98. The molecule has 3 N–H and O–H groups in total. The SMILES string of the molecule is COc1cc2c3[nH][nH]c(Nc4cccc(OCc5ccccc5)c4)c-3c(C)c2cc1OC. The van der Waals surface area contributed by atoms with Crippen molar-refractivity contribution < 1.29 is 14.2 Å². The van der Waals surface area contributed by atoms with Gasteiger partial charge in [-0.25, -0.2) is 0 Å². The number of nitrogens with one attached hydrogen (secondary N) is 3. The van der Waals surface area contributed by atoms with Crippen LogP contribution in [0.15, 0.2) is 66.7 Å². The maximum absolute atomic E-state index is 5.98. The van der Waals surface area contributed by atoms with E-state index in [0.29, 0.717) is 12.4 Å². The molecular weight excluding hydrogens is 402 g/mol. The lowest BCUT2D eigenvalue weighted by Crippen LogP contribution is -1.97. The van der Waals surface area contributed by atoms with Gasteiger partial charge < -0.3 is 19.5 Å². The van der Waals surface area contributed by atoms with Crippen molar-refractivity contribution in [2.24, 2.45) is 0 Å². The van der Waals surface area contributed by atoms with Crippen LogP contribution in [0.4, 0.5) is 11.5 Å². The minimum Gasteiger partial charge on any atom is -0.493 e. The third-order valence-electron chi connectivity index (χ3n) is 5.74. The molecule has 1 heterocycles. The van der Waals surface area contributed by atoms with Crippen molar-refractivity contribution in [1.82, 2.24) is 10.2 Å². The van der Waals surface area contributed by atoms with E-state index >= 15 is 0 Å². The molecular formula is C26H25N3O3. The normalized spacial score (nSPS) is 11.1. The Hall–Kier alpha value is -4.06. The van der Waals surface area contributed by atoms with Crippen molar-refractivity contribution in [1.29, 1.82) is 0 Å². The lowest BCUT2D eigenvalue weighted by Gasteiger charge is -2.10. The number of anilines is 2. The minimum atomic E-state index is 0.530. The van der Waals surface area contributed by atoms with E-state index in [2.05, 4.69) is 34.6 Å². The fourth-order valence-electron chi connectivity index (χ4n) is 4.13. The van der Waals surface area contributed by atoms with E-state index in [4.69, 9.17) is 14.2 Å². The monoisotopic (exact) mass is 427 g/mol. The quantitative estimate of drug-likeness (QED) is 0.287. The van der Waals surface area contributed by atoms with Crippen molar-refractivity contribution in [3.8, 4) is 28.5 Å². The summed E-state index contributed by atoms with van der Waals surface area (Å²) in [6.45, 7) is 2.64. The number of aromatic nitrogens is 2. The van der Waals surface area contributed by atoms with Gasteiger partial charge in [-0.2, -0.15) is 0 Å². The molecule has 3 aromatic carbocycles. The Morgan fingerprint density at radius 2 is 1.56 bits per heavy atom. The van der Waals surface area contributed by atoms with E-state index in [1.54, 1.807) is 14.2 Å². The third kappa shape index (κ3) is 3.50. The molecule has 0 unspecified atom stereocenters. The Kier molecular flexibility index (Phi) is 5.11. The fraction of sp³-hybridized carbons (Fsp3) is 0.154. The van der Waals surface area contributed by atoms with E-state index in [1.807, 2.05) is 54.6 Å². The predicted molar refractivity (Wildman–Crippen MR) is 128 cm³/mol. The number of aryl methyl sites for hydroxylation is 1. The van der Waals surface area contributed by atoms with E-state index in [9.17, 15) is 0 Å². The first kappa shape index (κ1) is 19.9. The van der Waals surface area contributed by atoms with Crippen LogP contribution in [0, 0.1) is 6.92 Å². The molecule has 0 amide bonds.